The zero-order valence-electron chi connectivity index (χ0n) is 19.0. The number of amides is 2. The van der Waals surface area contributed by atoms with E-state index in [9.17, 15) is 14.0 Å². The summed E-state index contributed by atoms with van der Waals surface area (Å²) in [4.78, 5) is 30.9. The third kappa shape index (κ3) is 4.77. The minimum Gasteiger partial charge on any atom is -0.497 e. The van der Waals surface area contributed by atoms with Gasteiger partial charge in [-0.1, -0.05) is 19.9 Å². The summed E-state index contributed by atoms with van der Waals surface area (Å²) in [5.41, 5.74) is 3.39. The van der Waals surface area contributed by atoms with Crippen LogP contribution in [-0.2, 0) is 4.79 Å². The van der Waals surface area contributed by atoms with Crippen LogP contribution in [-0.4, -0.2) is 47.9 Å². The summed E-state index contributed by atoms with van der Waals surface area (Å²) >= 11 is 0. The Morgan fingerprint density at radius 3 is 2.55 bits per heavy atom. The minimum absolute atomic E-state index is 0.0615. The summed E-state index contributed by atoms with van der Waals surface area (Å²) in [6, 6.07) is 10.9. The van der Waals surface area contributed by atoms with E-state index < -0.39 is 6.04 Å². The number of nitrogens with zero attached hydrogens (tertiary/aromatic N) is 1. The van der Waals surface area contributed by atoms with Gasteiger partial charge in [-0.3, -0.25) is 9.59 Å². The second-order valence-electron chi connectivity index (χ2n) is 8.58. The van der Waals surface area contributed by atoms with Gasteiger partial charge in [-0.15, -0.1) is 0 Å². The molecule has 0 bridgehead atoms. The number of carbonyl (C=O) groups is 2. The van der Waals surface area contributed by atoms with Crippen molar-refractivity contribution in [2.45, 2.75) is 26.3 Å². The first-order chi connectivity index (χ1) is 15.9. The second-order valence-corrected chi connectivity index (χ2v) is 8.58. The Hall–Kier alpha value is -3.61. The summed E-state index contributed by atoms with van der Waals surface area (Å²) < 4.78 is 18.6. The van der Waals surface area contributed by atoms with E-state index in [1.165, 1.54) is 12.1 Å². The lowest BCUT2D eigenvalue weighted by Crippen LogP contribution is -2.52. The Morgan fingerprint density at radius 2 is 1.91 bits per heavy atom. The van der Waals surface area contributed by atoms with Crippen LogP contribution >= 0.6 is 0 Å². The van der Waals surface area contributed by atoms with Crippen LogP contribution in [0.2, 0.25) is 0 Å². The second kappa shape index (κ2) is 9.48. The first-order valence-electron chi connectivity index (χ1n) is 11.1. The van der Waals surface area contributed by atoms with Gasteiger partial charge in [-0.25, -0.2) is 4.39 Å². The van der Waals surface area contributed by atoms with Crippen molar-refractivity contribution >= 4 is 28.3 Å². The van der Waals surface area contributed by atoms with Crippen molar-refractivity contribution in [1.82, 2.24) is 15.2 Å². The number of hydrogen-bond donors (Lipinski definition) is 2. The summed E-state index contributed by atoms with van der Waals surface area (Å²) in [7, 11) is 1.57. The van der Waals surface area contributed by atoms with Gasteiger partial charge < -0.3 is 19.9 Å². The van der Waals surface area contributed by atoms with E-state index in [1.54, 1.807) is 42.3 Å². The number of H-pyrrole nitrogens is 1. The molecule has 1 aromatic heterocycles. The highest BCUT2D eigenvalue weighted by Gasteiger charge is 2.30. The lowest BCUT2D eigenvalue weighted by atomic mass is 9.97. The molecule has 1 aliphatic heterocycles. The summed E-state index contributed by atoms with van der Waals surface area (Å²) in [6.07, 6.45) is 4.61. The first-order valence-corrected chi connectivity index (χ1v) is 11.1. The van der Waals surface area contributed by atoms with Crippen LogP contribution in [0.1, 0.15) is 36.2 Å². The standard InChI is InChI=1S/C26H28FN3O3/c1-16(2)24(29-25(31)18-4-7-20(33-3)8-5-18)26(32)30-12-10-17(11-13-30)22-15-28-23-14-19(27)6-9-21(22)23/h4-10,14-16,24,28H,11-13H2,1-3H3,(H,29,31)/t24-/m0/s1. The highest BCUT2D eigenvalue weighted by atomic mass is 19.1. The molecule has 172 valence electrons. The molecule has 1 atom stereocenters. The minimum atomic E-state index is -0.620. The first kappa shape index (κ1) is 22.6. The van der Waals surface area contributed by atoms with E-state index in [2.05, 4.69) is 10.3 Å². The Kier molecular flexibility index (Phi) is 6.49. The number of methoxy groups -OCH3 is 1. The Bertz CT molecular complexity index is 1200. The Labute approximate surface area is 192 Å². The average Bonchev–Trinajstić information content (AvgIpc) is 3.25. The lowest BCUT2D eigenvalue weighted by Gasteiger charge is -2.32. The molecule has 0 radical (unpaired) electrons. The predicted octanol–water partition coefficient (Wildman–Crippen LogP) is 4.39. The molecule has 0 unspecified atom stereocenters. The topological polar surface area (TPSA) is 74.4 Å². The highest BCUT2D eigenvalue weighted by Crippen LogP contribution is 2.30. The van der Waals surface area contributed by atoms with Gasteiger partial charge in [-0.2, -0.15) is 0 Å². The predicted molar refractivity (Wildman–Crippen MR) is 127 cm³/mol. The number of aromatic amines is 1. The highest BCUT2D eigenvalue weighted by molar-refractivity contribution is 5.98. The smallest absolute Gasteiger partial charge is 0.251 e. The zero-order valence-corrected chi connectivity index (χ0v) is 19.0. The molecule has 6 nitrogen and oxygen atoms in total. The molecule has 2 heterocycles. The van der Waals surface area contributed by atoms with Crippen molar-refractivity contribution in [3.05, 3.63) is 71.7 Å². The van der Waals surface area contributed by atoms with Crippen molar-refractivity contribution in [3.63, 3.8) is 0 Å². The molecular formula is C26H28FN3O3. The number of fused-ring (bicyclic) bond motifs is 1. The molecule has 2 amide bonds. The number of hydrogen-bond acceptors (Lipinski definition) is 3. The van der Waals surface area contributed by atoms with Gasteiger partial charge in [0.05, 0.1) is 7.11 Å². The quantitative estimate of drug-likeness (QED) is 0.586. The summed E-state index contributed by atoms with van der Waals surface area (Å²) in [6.45, 7) is 4.87. The molecule has 0 saturated heterocycles. The fourth-order valence-corrected chi connectivity index (χ4v) is 4.16. The van der Waals surface area contributed by atoms with Crippen molar-refractivity contribution in [1.29, 1.82) is 0 Å². The molecule has 3 aromatic rings. The Morgan fingerprint density at radius 1 is 1.15 bits per heavy atom. The third-order valence-electron chi connectivity index (χ3n) is 6.08. The van der Waals surface area contributed by atoms with E-state index in [-0.39, 0.29) is 23.5 Å². The third-order valence-corrected chi connectivity index (χ3v) is 6.08. The number of aromatic nitrogens is 1. The van der Waals surface area contributed by atoms with Crippen LogP contribution in [0.4, 0.5) is 4.39 Å². The fourth-order valence-electron chi connectivity index (χ4n) is 4.16. The maximum absolute atomic E-state index is 13.5. The number of rotatable bonds is 6. The molecule has 4 rings (SSSR count). The van der Waals surface area contributed by atoms with Crippen molar-refractivity contribution in [2.75, 3.05) is 20.2 Å². The molecule has 33 heavy (non-hydrogen) atoms. The van der Waals surface area contributed by atoms with Crippen molar-refractivity contribution in [3.8, 4) is 5.75 Å². The van der Waals surface area contributed by atoms with E-state index in [0.29, 0.717) is 30.8 Å². The Balaban J connectivity index is 1.45. The van der Waals surface area contributed by atoms with Gasteiger partial charge in [-0.05, 0) is 60.4 Å². The number of nitrogens with one attached hydrogen (secondary N) is 2. The number of ether oxygens (including phenoxy) is 1. The zero-order chi connectivity index (χ0) is 23.5. The van der Waals surface area contributed by atoms with Crippen LogP contribution in [0, 0.1) is 11.7 Å². The maximum Gasteiger partial charge on any atom is 0.251 e. The average molecular weight is 450 g/mol. The molecule has 2 aromatic carbocycles. The van der Waals surface area contributed by atoms with Crippen LogP contribution in [0.5, 0.6) is 5.75 Å². The van der Waals surface area contributed by atoms with Crippen LogP contribution in [0.15, 0.2) is 54.7 Å². The van der Waals surface area contributed by atoms with Crippen molar-refractivity contribution in [2.24, 2.45) is 5.92 Å². The summed E-state index contributed by atoms with van der Waals surface area (Å²) in [5.74, 6) is -0.0540. The molecule has 1 aliphatic rings. The van der Waals surface area contributed by atoms with E-state index >= 15 is 0 Å². The van der Waals surface area contributed by atoms with Gasteiger partial charge in [0.1, 0.15) is 17.6 Å². The van der Waals surface area contributed by atoms with E-state index in [0.717, 1.165) is 22.0 Å². The van der Waals surface area contributed by atoms with Crippen LogP contribution in [0.3, 0.4) is 0 Å². The van der Waals surface area contributed by atoms with Gasteiger partial charge >= 0.3 is 0 Å². The number of halogens is 1. The normalized spacial score (nSPS) is 14.8. The molecule has 7 heteroatoms. The molecule has 0 saturated carbocycles. The van der Waals surface area contributed by atoms with Crippen LogP contribution < -0.4 is 10.1 Å². The van der Waals surface area contributed by atoms with Crippen LogP contribution in [0.25, 0.3) is 16.5 Å². The lowest BCUT2D eigenvalue weighted by molar-refractivity contribution is -0.133. The molecular weight excluding hydrogens is 421 g/mol. The maximum atomic E-state index is 13.5. The van der Waals surface area contributed by atoms with Gasteiger partial charge in [0.2, 0.25) is 5.91 Å². The van der Waals surface area contributed by atoms with Crippen molar-refractivity contribution < 1.29 is 18.7 Å². The van der Waals surface area contributed by atoms with E-state index in [4.69, 9.17) is 4.74 Å². The molecule has 0 fully saturated rings. The van der Waals surface area contributed by atoms with E-state index in [1.807, 2.05) is 26.1 Å². The molecule has 2 N–H and O–H groups in total. The molecule has 0 spiro atoms. The summed E-state index contributed by atoms with van der Waals surface area (Å²) in [5, 5.41) is 3.87. The number of carbonyl (C=O) groups excluding carboxylic acids is 2. The SMILES string of the molecule is COc1ccc(C(=O)N[C@H](C(=O)N2CC=C(c3c[nH]c4cc(F)ccc34)CC2)C(C)C)cc1. The molecule has 0 aliphatic carbocycles. The monoisotopic (exact) mass is 449 g/mol. The number of benzene rings is 2. The largest absolute Gasteiger partial charge is 0.497 e. The van der Waals surface area contributed by atoms with Gasteiger partial charge in [0.15, 0.2) is 0 Å². The fraction of sp³-hybridized carbons (Fsp3) is 0.308. The van der Waals surface area contributed by atoms with Gasteiger partial charge in [0, 0.05) is 41.3 Å². The van der Waals surface area contributed by atoms with Gasteiger partial charge in [0.25, 0.3) is 5.91 Å².